The van der Waals surface area contributed by atoms with Crippen LogP contribution in [0.1, 0.15) is 48.1 Å². The Morgan fingerprint density at radius 2 is 2.20 bits per heavy atom. The molecule has 1 aliphatic heterocycles. The number of carbonyl (C=O) groups is 2. The van der Waals surface area contributed by atoms with E-state index in [0.29, 0.717) is 17.2 Å². The molecule has 1 saturated heterocycles. The first kappa shape index (κ1) is 18.6. The maximum Gasteiger partial charge on any atom is 0.336 e. The third-order valence-electron chi connectivity index (χ3n) is 4.33. The number of likely N-dealkylation sites (tertiary alicyclic amines) is 1. The van der Waals surface area contributed by atoms with Gasteiger partial charge < -0.3 is 15.3 Å². The number of aliphatic hydroxyl groups is 1. The molecule has 2 unspecified atom stereocenters. The molecule has 7 nitrogen and oxygen atoms in total. The Bertz CT molecular complexity index is 750. The summed E-state index contributed by atoms with van der Waals surface area (Å²) in [4.78, 5) is 28.8. The second-order valence-electron chi connectivity index (χ2n) is 5.95. The van der Waals surface area contributed by atoms with Gasteiger partial charge in [0.15, 0.2) is 0 Å². The van der Waals surface area contributed by atoms with Crippen LogP contribution in [0.2, 0.25) is 0 Å². The van der Waals surface area contributed by atoms with E-state index in [1.54, 1.807) is 6.20 Å². The predicted octanol–water partition coefficient (Wildman–Crippen LogP) is 1.46. The number of pyridine rings is 1. The van der Waals surface area contributed by atoms with E-state index in [4.69, 9.17) is 11.5 Å². The molecule has 0 spiro atoms. The summed E-state index contributed by atoms with van der Waals surface area (Å²) in [5, 5.41) is 29.0. The lowest BCUT2D eigenvalue weighted by Gasteiger charge is -2.26. The molecule has 2 atom stereocenters. The molecule has 0 aromatic carbocycles. The van der Waals surface area contributed by atoms with Crippen molar-refractivity contribution in [1.82, 2.24) is 9.88 Å². The summed E-state index contributed by atoms with van der Waals surface area (Å²) in [5.41, 5.74) is 0.656. The Labute approximate surface area is 145 Å². The minimum Gasteiger partial charge on any atom is -0.478 e. The second-order valence-corrected chi connectivity index (χ2v) is 5.95. The van der Waals surface area contributed by atoms with Crippen LogP contribution in [0.3, 0.4) is 0 Å². The van der Waals surface area contributed by atoms with Crippen LogP contribution < -0.4 is 0 Å². The zero-order valence-electron chi connectivity index (χ0n) is 13.8. The highest BCUT2D eigenvalue weighted by atomic mass is 16.4. The molecule has 0 bridgehead atoms. The number of nitrogens with zero attached hydrogens (tertiary/aromatic N) is 2. The zero-order valence-corrected chi connectivity index (χ0v) is 13.8. The normalized spacial score (nSPS) is 19.4. The van der Waals surface area contributed by atoms with Gasteiger partial charge in [-0.3, -0.25) is 9.88 Å². The maximum atomic E-state index is 11.6. The molecule has 0 amide bonds. The third-order valence-corrected chi connectivity index (χ3v) is 4.33. The Balaban J connectivity index is 2.69. The van der Waals surface area contributed by atoms with Gasteiger partial charge in [0, 0.05) is 36.5 Å². The van der Waals surface area contributed by atoms with E-state index in [2.05, 4.69) is 15.8 Å². The predicted molar refractivity (Wildman–Crippen MR) is 90.5 cm³/mol. The number of aliphatic hydroxyl groups excluding tert-OH is 1. The van der Waals surface area contributed by atoms with E-state index in [-0.39, 0.29) is 18.0 Å². The van der Waals surface area contributed by atoms with Crippen molar-refractivity contribution in [2.75, 3.05) is 13.6 Å². The van der Waals surface area contributed by atoms with Crippen molar-refractivity contribution in [2.24, 2.45) is 0 Å². The van der Waals surface area contributed by atoms with Crippen LogP contribution in [0, 0.1) is 12.3 Å². The van der Waals surface area contributed by atoms with Gasteiger partial charge in [-0.2, -0.15) is 0 Å². The summed E-state index contributed by atoms with van der Waals surface area (Å²) in [6, 6.07) is -0.0326. The third kappa shape index (κ3) is 4.05. The first-order valence-electron chi connectivity index (χ1n) is 7.84. The summed E-state index contributed by atoms with van der Waals surface area (Å²) in [5.74, 6) is -0.434. The minimum atomic E-state index is -1.41. The van der Waals surface area contributed by atoms with Crippen molar-refractivity contribution in [3.63, 3.8) is 0 Å². The molecule has 7 heteroatoms. The van der Waals surface area contributed by atoms with Crippen LogP contribution in [0.5, 0.6) is 0 Å². The van der Waals surface area contributed by atoms with Crippen LogP contribution >= 0.6 is 0 Å². The van der Waals surface area contributed by atoms with E-state index in [0.717, 1.165) is 19.4 Å². The van der Waals surface area contributed by atoms with Crippen molar-refractivity contribution in [2.45, 2.75) is 31.4 Å². The van der Waals surface area contributed by atoms with E-state index < -0.39 is 23.6 Å². The summed E-state index contributed by atoms with van der Waals surface area (Å²) >= 11 is 0. The van der Waals surface area contributed by atoms with Crippen LogP contribution in [0.15, 0.2) is 18.5 Å². The molecule has 0 saturated carbocycles. The van der Waals surface area contributed by atoms with E-state index in [1.807, 2.05) is 7.05 Å². The molecule has 1 aliphatic rings. The number of aromatic nitrogens is 1. The Kier molecular flexibility index (Phi) is 5.91. The van der Waals surface area contributed by atoms with Crippen LogP contribution in [0.4, 0.5) is 0 Å². The molecule has 2 rings (SSSR count). The number of terminal acetylenes is 1. The van der Waals surface area contributed by atoms with Gasteiger partial charge in [-0.25, -0.2) is 9.59 Å². The van der Waals surface area contributed by atoms with E-state index in [9.17, 15) is 19.8 Å². The summed E-state index contributed by atoms with van der Waals surface area (Å²) < 4.78 is 0. The van der Waals surface area contributed by atoms with Crippen molar-refractivity contribution in [1.29, 1.82) is 0 Å². The first-order valence-corrected chi connectivity index (χ1v) is 7.84. The molecule has 0 aliphatic carbocycles. The highest BCUT2D eigenvalue weighted by Gasteiger charge is 2.30. The molecular formula is C18H20N2O5. The highest BCUT2D eigenvalue weighted by Crippen LogP contribution is 2.38. The van der Waals surface area contributed by atoms with Crippen molar-refractivity contribution >= 4 is 17.5 Å². The van der Waals surface area contributed by atoms with Crippen molar-refractivity contribution in [3.8, 4) is 12.3 Å². The number of hydrogen-bond acceptors (Lipinski definition) is 5. The molecule has 2 heterocycles. The van der Waals surface area contributed by atoms with E-state index >= 15 is 0 Å². The van der Waals surface area contributed by atoms with Gasteiger partial charge >= 0.3 is 11.9 Å². The van der Waals surface area contributed by atoms with Gasteiger partial charge in [-0.15, -0.1) is 12.3 Å². The fourth-order valence-electron chi connectivity index (χ4n) is 3.23. The number of carboxylic acids is 2. The number of hydrogen-bond donors (Lipinski definition) is 3. The molecule has 0 radical (unpaired) electrons. The fourth-order valence-corrected chi connectivity index (χ4v) is 3.23. The van der Waals surface area contributed by atoms with Gasteiger partial charge in [-0.1, -0.05) is 0 Å². The maximum absolute atomic E-state index is 11.6. The van der Waals surface area contributed by atoms with E-state index in [1.165, 1.54) is 6.20 Å². The van der Waals surface area contributed by atoms with Crippen LogP contribution in [-0.2, 0) is 9.59 Å². The van der Waals surface area contributed by atoms with Gasteiger partial charge in [0.25, 0.3) is 0 Å². The van der Waals surface area contributed by atoms with Gasteiger partial charge in [0.05, 0.1) is 11.7 Å². The largest absolute Gasteiger partial charge is 0.478 e. The quantitative estimate of drug-likeness (QED) is 0.529. The van der Waals surface area contributed by atoms with Crippen LogP contribution in [0.25, 0.3) is 5.57 Å². The number of carboxylic acid groups (broad SMARTS) is 2. The molecular weight excluding hydrogens is 324 g/mol. The first-order chi connectivity index (χ1) is 11.9. The smallest absolute Gasteiger partial charge is 0.336 e. The Hall–Kier alpha value is -2.69. The van der Waals surface area contributed by atoms with Crippen molar-refractivity contribution in [3.05, 3.63) is 35.2 Å². The Morgan fingerprint density at radius 3 is 2.72 bits per heavy atom. The van der Waals surface area contributed by atoms with Crippen molar-refractivity contribution < 1.29 is 24.9 Å². The van der Waals surface area contributed by atoms with Gasteiger partial charge in [0.2, 0.25) is 0 Å². The lowest BCUT2D eigenvalue weighted by atomic mass is 9.89. The minimum absolute atomic E-state index is 0.0135. The number of rotatable bonds is 6. The Morgan fingerprint density at radius 1 is 1.48 bits per heavy atom. The second kappa shape index (κ2) is 7.92. The SMILES string of the molecule is C#CCC(O)c1c(/C(=C/C(=O)O)C(=O)O)cncc1C1CCCN1C. The van der Waals surface area contributed by atoms with Crippen LogP contribution in [-0.4, -0.2) is 50.7 Å². The fraction of sp³-hybridized carbons (Fsp3) is 0.389. The number of aliphatic carboxylic acids is 2. The lowest BCUT2D eigenvalue weighted by Crippen LogP contribution is -2.21. The summed E-state index contributed by atoms with van der Waals surface area (Å²) in [7, 11) is 1.94. The molecule has 3 N–H and O–H groups in total. The average Bonchev–Trinajstić information content (AvgIpc) is 2.97. The molecule has 1 fully saturated rings. The lowest BCUT2D eigenvalue weighted by molar-refractivity contribution is -0.133. The monoisotopic (exact) mass is 344 g/mol. The molecule has 25 heavy (non-hydrogen) atoms. The van der Waals surface area contributed by atoms with Gasteiger partial charge in [-0.05, 0) is 37.6 Å². The standard InChI is InChI=1S/C18H20N2O5/c1-3-5-15(21)17-12(11(18(24)25)8-16(22)23)9-19-10-13(17)14-6-4-7-20(14)2/h1,8-10,14-15,21H,4-7H2,2H3,(H,22,23)(H,24,25)/b11-8-. The average molecular weight is 344 g/mol. The summed E-state index contributed by atoms with van der Waals surface area (Å²) in [6.07, 6.45) is 9.44. The highest BCUT2D eigenvalue weighted by molar-refractivity contribution is 6.19. The zero-order chi connectivity index (χ0) is 18.6. The van der Waals surface area contributed by atoms with Gasteiger partial charge in [0.1, 0.15) is 0 Å². The molecule has 1 aromatic rings. The topological polar surface area (TPSA) is 111 Å². The summed E-state index contributed by atoms with van der Waals surface area (Å²) in [6.45, 7) is 0.871. The molecule has 132 valence electrons. The molecule has 1 aromatic heterocycles.